The summed E-state index contributed by atoms with van der Waals surface area (Å²) < 4.78 is 0. The smallest absolute Gasteiger partial charge is 0.101 e. The largest absolute Gasteiger partial charge is 0.286 e. The molecule has 0 unspecified atom stereocenters. The molecule has 0 aliphatic carbocycles. The molecule has 3 aromatic rings. The first kappa shape index (κ1) is 17.2. The molecule has 126 valence electrons. The van der Waals surface area contributed by atoms with Gasteiger partial charge in [0, 0.05) is 38.2 Å². The van der Waals surface area contributed by atoms with Crippen LogP contribution in [0.25, 0.3) is 0 Å². The molecule has 3 aromatic heterocycles. The highest BCUT2D eigenvalue weighted by molar-refractivity contribution is 5.27. The predicted octanol–water partition coefficient (Wildman–Crippen LogP) is 2.82. The average molecular weight is 340 g/mol. The molecule has 6 nitrogen and oxygen atoms in total. The van der Waals surface area contributed by atoms with Crippen molar-refractivity contribution in [2.45, 2.75) is 19.6 Å². The maximum absolute atomic E-state index is 8.90. The molecule has 6 heteroatoms. The fourth-order valence-corrected chi connectivity index (χ4v) is 2.51. The molecule has 0 fully saturated rings. The molecule has 0 spiro atoms. The third kappa shape index (κ3) is 4.70. The van der Waals surface area contributed by atoms with Gasteiger partial charge in [-0.25, -0.2) is 0 Å². The van der Waals surface area contributed by atoms with Gasteiger partial charge in [-0.1, -0.05) is 6.07 Å². The highest BCUT2D eigenvalue weighted by atomic mass is 15.1. The van der Waals surface area contributed by atoms with Gasteiger partial charge in [-0.05, 0) is 36.4 Å². The van der Waals surface area contributed by atoms with Crippen molar-refractivity contribution in [3.8, 4) is 12.1 Å². The fourth-order valence-electron chi connectivity index (χ4n) is 2.51. The second kappa shape index (κ2) is 8.48. The van der Waals surface area contributed by atoms with Crippen LogP contribution in [0.3, 0.4) is 0 Å². The summed E-state index contributed by atoms with van der Waals surface area (Å²) in [6.45, 7) is 1.85. The molecule has 0 aliphatic rings. The van der Waals surface area contributed by atoms with Gasteiger partial charge in [0.25, 0.3) is 0 Å². The Kier molecular flexibility index (Phi) is 5.61. The first-order chi connectivity index (χ1) is 12.8. The number of pyridine rings is 3. The zero-order valence-electron chi connectivity index (χ0n) is 14.1. The standard InChI is InChI=1S/C20H16N6/c21-9-16-4-6-19(24-11-16)14-26(13-18-3-1-2-8-23-18)15-20-7-5-17(10-22)12-25-20/h1-8,11-12H,13-15H2. The van der Waals surface area contributed by atoms with Crippen LogP contribution in [0.4, 0.5) is 0 Å². The number of nitriles is 2. The second-order valence-corrected chi connectivity index (χ2v) is 5.77. The first-order valence-electron chi connectivity index (χ1n) is 8.09. The van der Waals surface area contributed by atoms with E-state index in [1.165, 1.54) is 0 Å². The van der Waals surface area contributed by atoms with Crippen LogP contribution in [0.1, 0.15) is 28.2 Å². The number of aromatic nitrogens is 3. The highest BCUT2D eigenvalue weighted by Gasteiger charge is 2.11. The third-order valence-corrected chi connectivity index (χ3v) is 3.79. The minimum Gasteiger partial charge on any atom is -0.286 e. The lowest BCUT2D eigenvalue weighted by Crippen LogP contribution is -2.24. The zero-order chi connectivity index (χ0) is 18.2. The SMILES string of the molecule is N#Cc1ccc(CN(Cc2ccccn2)Cc2ccc(C#N)cn2)nc1. The lowest BCUT2D eigenvalue weighted by atomic mass is 10.2. The van der Waals surface area contributed by atoms with Gasteiger partial charge in [-0.3, -0.25) is 19.9 Å². The van der Waals surface area contributed by atoms with Crippen molar-refractivity contribution in [2.75, 3.05) is 0 Å². The van der Waals surface area contributed by atoms with E-state index < -0.39 is 0 Å². The van der Waals surface area contributed by atoms with E-state index in [0.29, 0.717) is 30.8 Å². The Morgan fingerprint density at radius 2 is 1.23 bits per heavy atom. The van der Waals surface area contributed by atoms with Crippen LogP contribution in [0.15, 0.2) is 61.1 Å². The molecule has 0 saturated heterocycles. The van der Waals surface area contributed by atoms with Crippen LogP contribution in [0.2, 0.25) is 0 Å². The van der Waals surface area contributed by atoms with E-state index in [9.17, 15) is 0 Å². The van der Waals surface area contributed by atoms with E-state index in [2.05, 4.69) is 32.0 Å². The molecule has 0 aliphatic heterocycles. The topological polar surface area (TPSA) is 89.5 Å². The van der Waals surface area contributed by atoms with Crippen molar-refractivity contribution in [3.05, 3.63) is 89.3 Å². The van der Waals surface area contributed by atoms with Crippen molar-refractivity contribution in [2.24, 2.45) is 0 Å². The molecule has 0 saturated carbocycles. The van der Waals surface area contributed by atoms with Gasteiger partial charge >= 0.3 is 0 Å². The Balaban J connectivity index is 1.78. The summed E-state index contributed by atoms with van der Waals surface area (Å²) in [6.07, 6.45) is 4.93. The Bertz CT molecular complexity index is 862. The maximum Gasteiger partial charge on any atom is 0.101 e. The van der Waals surface area contributed by atoms with Gasteiger partial charge in [0.05, 0.1) is 28.2 Å². The summed E-state index contributed by atoms with van der Waals surface area (Å²) in [4.78, 5) is 15.3. The van der Waals surface area contributed by atoms with Crippen molar-refractivity contribution >= 4 is 0 Å². The molecule has 3 rings (SSSR count). The first-order valence-corrected chi connectivity index (χ1v) is 8.09. The summed E-state index contributed by atoms with van der Waals surface area (Å²) >= 11 is 0. The summed E-state index contributed by atoms with van der Waals surface area (Å²) in [6, 6.07) is 17.2. The monoisotopic (exact) mass is 340 g/mol. The van der Waals surface area contributed by atoms with E-state index in [4.69, 9.17) is 10.5 Å². The van der Waals surface area contributed by atoms with Gasteiger partial charge in [0.1, 0.15) is 12.1 Å². The number of rotatable bonds is 6. The van der Waals surface area contributed by atoms with E-state index in [1.54, 1.807) is 30.7 Å². The van der Waals surface area contributed by atoms with E-state index >= 15 is 0 Å². The van der Waals surface area contributed by atoms with Crippen LogP contribution in [0, 0.1) is 22.7 Å². The fraction of sp³-hybridized carbons (Fsp3) is 0.150. The molecular weight excluding hydrogens is 324 g/mol. The Hall–Kier alpha value is -3.61. The maximum atomic E-state index is 8.90. The van der Waals surface area contributed by atoms with Crippen LogP contribution in [-0.2, 0) is 19.6 Å². The van der Waals surface area contributed by atoms with Crippen LogP contribution < -0.4 is 0 Å². The molecule has 0 aromatic carbocycles. The molecule has 0 radical (unpaired) electrons. The van der Waals surface area contributed by atoms with E-state index in [1.807, 2.05) is 30.3 Å². The number of hydrogen-bond acceptors (Lipinski definition) is 6. The number of hydrogen-bond donors (Lipinski definition) is 0. The van der Waals surface area contributed by atoms with Crippen LogP contribution >= 0.6 is 0 Å². The Morgan fingerprint density at radius 1 is 0.692 bits per heavy atom. The Morgan fingerprint density at radius 3 is 1.62 bits per heavy atom. The van der Waals surface area contributed by atoms with Crippen LogP contribution in [-0.4, -0.2) is 19.9 Å². The summed E-state index contributed by atoms with van der Waals surface area (Å²) in [5.74, 6) is 0. The summed E-state index contributed by atoms with van der Waals surface area (Å²) in [5, 5.41) is 17.8. The zero-order valence-corrected chi connectivity index (χ0v) is 14.1. The minimum absolute atomic E-state index is 0.541. The predicted molar refractivity (Wildman–Crippen MR) is 95.1 cm³/mol. The van der Waals surface area contributed by atoms with Gasteiger partial charge in [-0.15, -0.1) is 0 Å². The van der Waals surface area contributed by atoms with Crippen LogP contribution in [0.5, 0.6) is 0 Å². The average Bonchev–Trinajstić information content (AvgIpc) is 2.70. The quantitative estimate of drug-likeness (QED) is 0.685. The number of nitrogens with zero attached hydrogens (tertiary/aromatic N) is 6. The van der Waals surface area contributed by atoms with E-state index in [0.717, 1.165) is 17.1 Å². The molecule has 0 atom stereocenters. The van der Waals surface area contributed by atoms with Gasteiger partial charge < -0.3 is 0 Å². The van der Waals surface area contributed by atoms with Gasteiger partial charge in [0.15, 0.2) is 0 Å². The highest BCUT2D eigenvalue weighted by Crippen LogP contribution is 2.12. The van der Waals surface area contributed by atoms with E-state index in [-0.39, 0.29) is 0 Å². The third-order valence-electron chi connectivity index (χ3n) is 3.79. The molecule has 3 heterocycles. The summed E-state index contributed by atoms with van der Waals surface area (Å²) in [5.41, 5.74) is 3.77. The minimum atomic E-state index is 0.541. The molecular formula is C20H16N6. The van der Waals surface area contributed by atoms with Crippen molar-refractivity contribution < 1.29 is 0 Å². The molecule has 26 heavy (non-hydrogen) atoms. The lowest BCUT2D eigenvalue weighted by molar-refractivity contribution is 0.239. The molecule has 0 bridgehead atoms. The normalized spacial score (nSPS) is 10.3. The molecule has 0 amide bonds. The Labute approximate surface area is 152 Å². The molecule has 0 N–H and O–H groups in total. The van der Waals surface area contributed by atoms with Crippen molar-refractivity contribution in [1.82, 2.24) is 19.9 Å². The van der Waals surface area contributed by atoms with Crippen molar-refractivity contribution in [1.29, 1.82) is 10.5 Å². The summed E-state index contributed by atoms with van der Waals surface area (Å²) in [7, 11) is 0. The van der Waals surface area contributed by atoms with Gasteiger partial charge in [0.2, 0.25) is 0 Å². The second-order valence-electron chi connectivity index (χ2n) is 5.77. The lowest BCUT2D eigenvalue weighted by Gasteiger charge is -2.21. The van der Waals surface area contributed by atoms with Gasteiger partial charge in [-0.2, -0.15) is 10.5 Å². The van der Waals surface area contributed by atoms with Crippen molar-refractivity contribution in [3.63, 3.8) is 0 Å².